The zero-order chi connectivity index (χ0) is 10.7. The van der Waals surface area contributed by atoms with Gasteiger partial charge in [0.25, 0.3) is 0 Å². The molecule has 0 aliphatic rings. The first-order chi connectivity index (χ1) is 6.50. The summed E-state index contributed by atoms with van der Waals surface area (Å²) >= 11 is 0. The van der Waals surface area contributed by atoms with Gasteiger partial charge in [-0.25, -0.2) is 4.79 Å². The third-order valence-corrected chi connectivity index (χ3v) is 1.89. The van der Waals surface area contributed by atoms with E-state index in [1.165, 1.54) is 0 Å². The second kappa shape index (κ2) is 4.24. The summed E-state index contributed by atoms with van der Waals surface area (Å²) in [5.41, 5.74) is 1.01. The first-order valence-electron chi connectivity index (χ1n) is 4.48. The summed E-state index contributed by atoms with van der Waals surface area (Å²) in [7, 11) is 0. The van der Waals surface area contributed by atoms with Crippen molar-refractivity contribution in [1.29, 1.82) is 0 Å². The molecule has 0 aliphatic carbocycles. The maximum atomic E-state index is 11.2. The monoisotopic (exact) mass is 194 g/mol. The number of rotatable bonds is 2. The van der Waals surface area contributed by atoms with Crippen molar-refractivity contribution in [3.63, 3.8) is 0 Å². The number of aryl methyl sites for hydroxylation is 1. The Balaban J connectivity index is 3.09. The van der Waals surface area contributed by atoms with E-state index in [9.17, 15) is 4.79 Å². The Hall–Kier alpha value is -1.35. The molecule has 1 unspecified atom stereocenters. The number of aliphatic hydroxyl groups is 1. The molecule has 0 amide bonds. The molecule has 1 rings (SSSR count). The first kappa shape index (κ1) is 10.7. The summed E-state index contributed by atoms with van der Waals surface area (Å²) in [6.45, 7) is 5.14. The molecule has 0 fully saturated rings. The van der Waals surface area contributed by atoms with Crippen LogP contribution in [0.5, 0.6) is 0 Å². The standard InChI is InChI=1S/C11H14O3/c1-7-4-5-10(14-11(7)13)8(2)6-9(3)12/h4-6,9,12H,1-3H3. The minimum Gasteiger partial charge on any atom is -0.423 e. The Kier molecular flexibility index (Phi) is 3.25. The molecule has 0 aromatic carbocycles. The summed E-state index contributed by atoms with van der Waals surface area (Å²) in [6.07, 6.45) is 1.09. The zero-order valence-electron chi connectivity index (χ0n) is 8.57. The van der Waals surface area contributed by atoms with E-state index in [0.29, 0.717) is 11.3 Å². The van der Waals surface area contributed by atoms with E-state index in [-0.39, 0.29) is 5.63 Å². The SMILES string of the molecule is CC(=CC(C)O)c1ccc(C)c(=O)o1. The molecule has 0 spiro atoms. The van der Waals surface area contributed by atoms with Gasteiger partial charge >= 0.3 is 5.63 Å². The second-order valence-corrected chi connectivity index (χ2v) is 3.36. The van der Waals surface area contributed by atoms with Crippen LogP contribution in [-0.4, -0.2) is 11.2 Å². The molecule has 0 bridgehead atoms. The Morgan fingerprint density at radius 1 is 1.57 bits per heavy atom. The number of hydrogen-bond donors (Lipinski definition) is 1. The van der Waals surface area contributed by atoms with Gasteiger partial charge in [-0.1, -0.05) is 0 Å². The maximum absolute atomic E-state index is 11.2. The van der Waals surface area contributed by atoms with Crippen molar-refractivity contribution in [2.45, 2.75) is 26.9 Å². The van der Waals surface area contributed by atoms with Crippen LogP contribution >= 0.6 is 0 Å². The molecule has 1 aromatic rings. The average molecular weight is 194 g/mol. The molecule has 1 aromatic heterocycles. The summed E-state index contributed by atoms with van der Waals surface area (Å²) in [5.74, 6) is 0.501. The van der Waals surface area contributed by atoms with E-state index < -0.39 is 6.10 Å². The van der Waals surface area contributed by atoms with Crippen LogP contribution in [-0.2, 0) is 0 Å². The third kappa shape index (κ3) is 2.57. The predicted octanol–water partition coefficient (Wildman–Crippen LogP) is 1.73. The second-order valence-electron chi connectivity index (χ2n) is 3.36. The molecule has 1 heterocycles. The maximum Gasteiger partial charge on any atom is 0.339 e. The van der Waals surface area contributed by atoms with Crippen LogP contribution in [0.1, 0.15) is 25.2 Å². The van der Waals surface area contributed by atoms with Crippen LogP contribution in [0.2, 0.25) is 0 Å². The smallest absolute Gasteiger partial charge is 0.339 e. The molecule has 0 saturated heterocycles. The molecule has 14 heavy (non-hydrogen) atoms. The summed E-state index contributed by atoms with van der Waals surface area (Å²) in [6, 6.07) is 3.44. The normalized spacial score (nSPS) is 14.1. The van der Waals surface area contributed by atoms with E-state index in [1.807, 2.05) is 0 Å². The molecule has 0 radical (unpaired) electrons. The Labute approximate surface area is 82.7 Å². The van der Waals surface area contributed by atoms with Gasteiger partial charge in [-0.2, -0.15) is 0 Å². The van der Waals surface area contributed by atoms with Gasteiger partial charge in [0.1, 0.15) is 5.76 Å². The predicted molar refractivity (Wildman–Crippen MR) is 55.0 cm³/mol. The highest BCUT2D eigenvalue weighted by atomic mass is 16.4. The molecule has 3 heteroatoms. The van der Waals surface area contributed by atoms with Crippen molar-refractivity contribution in [1.82, 2.24) is 0 Å². The molecule has 1 N–H and O–H groups in total. The van der Waals surface area contributed by atoms with Crippen molar-refractivity contribution in [3.8, 4) is 0 Å². The number of hydrogen-bond acceptors (Lipinski definition) is 3. The minimum absolute atomic E-state index is 0.333. The fourth-order valence-corrected chi connectivity index (χ4v) is 1.14. The highest BCUT2D eigenvalue weighted by Crippen LogP contribution is 2.12. The Bertz CT molecular complexity index is 399. The lowest BCUT2D eigenvalue weighted by Gasteiger charge is -2.02. The van der Waals surface area contributed by atoms with E-state index in [0.717, 1.165) is 5.57 Å². The summed E-state index contributed by atoms with van der Waals surface area (Å²) in [5, 5.41) is 9.11. The van der Waals surface area contributed by atoms with Crippen molar-refractivity contribution in [2.75, 3.05) is 0 Å². The number of aliphatic hydroxyl groups excluding tert-OH is 1. The van der Waals surface area contributed by atoms with Gasteiger partial charge in [-0.05, 0) is 44.6 Å². The molecular formula is C11H14O3. The highest BCUT2D eigenvalue weighted by molar-refractivity contribution is 5.59. The van der Waals surface area contributed by atoms with Crippen molar-refractivity contribution in [2.24, 2.45) is 0 Å². The van der Waals surface area contributed by atoms with Crippen LogP contribution < -0.4 is 5.63 Å². The van der Waals surface area contributed by atoms with Crippen molar-refractivity contribution < 1.29 is 9.52 Å². The first-order valence-corrected chi connectivity index (χ1v) is 4.48. The molecular weight excluding hydrogens is 180 g/mol. The van der Waals surface area contributed by atoms with Gasteiger partial charge < -0.3 is 9.52 Å². The highest BCUT2D eigenvalue weighted by Gasteiger charge is 2.02. The Morgan fingerprint density at radius 3 is 2.71 bits per heavy atom. The van der Waals surface area contributed by atoms with Crippen molar-refractivity contribution >= 4 is 5.57 Å². The average Bonchev–Trinajstić information content (AvgIpc) is 2.08. The van der Waals surface area contributed by atoms with Crippen LogP contribution in [0.3, 0.4) is 0 Å². The van der Waals surface area contributed by atoms with Gasteiger partial charge in [0.05, 0.1) is 6.10 Å². The summed E-state index contributed by atoms with van der Waals surface area (Å²) in [4.78, 5) is 11.2. The van der Waals surface area contributed by atoms with Crippen LogP contribution in [0.25, 0.3) is 5.57 Å². The fourth-order valence-electron chi connectivity index (χ4n) is 1.14. The van der Waals surface area contributed by atoms with Crippen LogP contribution in [0.4, 0.5) is 0 Å². The lowest BCUT2D eigenvalue weighted by atomic mass is 10.1. The van der Waals surface area contributed by atoms with Crippen LogP contribution in [0.15, 0.2) is 27.4 Å². The fraction of sp³-hybridized carbons (Fsp3) is 0.364. The van der Waals surface area contributed by atoms with E-state index in [2.05, 4.69) is 0 Å². The molecule has 3 nitrogen and oxygen atoms in total. The molecule has 0 saturated carbocycles. The minimum atomic E-state index is -0.540. The lowest BCUT2D eigenvalue weighted by molar-refractivity contribution is 0.244. The van der Waals surface area contributed by atoms with Gasteiger partial charge in [-0.15, -0.1) is 0 Å². The Morgan fingerprint density at radius 2 is 2.21 bits per heavy atom. The zero-order valence-corrected chi connectivity index (χ0v) is 8.57. The molecule has 1 atom stereocenters. The number of allylic oxidation sites excluding steroid dienone is 1. The topological polar surface area (TPSA) is 50.4 Å². The van der Waals surface area contributed by atoms with Gasteiger partial charge in [0, 0.05) is 5.56 Å². The van der Waals surface area contributed by atoms with Gasteiger partial charge in [0.2, 0.25) is 0 Å². The van der Waals surface area contributed by atoms with Crippen molar-refractivity contribution in [3.05, 3.63) is 40.0 Å². The third-order valence-electron chi connectivity index (χ3n) is 1.89. The van der Waals surface area contributed by atoms with E-state index in [1.54, 1.807) is 39.0 Å². The van der Waals surface area contributed by atoms with E-state index in [4.69, 9.17) is 9.52 Å². The van der Waals surface area contributed by atoms with Crippen LogP contribution in [0, 0.1) is 6.92 Å². The lowest BCUT2D eigenvalue weighted by Crippen LogP contribution is -2.04. The van der Waals surface area contributed by atoms with E-state index >= 15 is 0 Å². The largest absolute Gasteiger partial charge is 0.423 e. The van der Waals surface area contributed by atoms with Gasteiger partial charge in [0.15, 0.2) is 0 Å². The molecule has 0 aliphatic heterocycles. The summed E-state index contributed by atoms with van der Waals surface area (Å²) < 4.78 is 5.04. The molecule has 76 valence electrons. The van der Waals surface area contributed by atoms with Gasteiger partial charge in [-0.3, -0.25) is 0 Å². The quantitative estimate of drug-likeness (QED) is 0.780.